The summed E-state index contributed by atoms with van der Waals surface area (Å²) in [5.41, 5.74) is 1.06. The van der Waals surface area contributed by atoms with Gasteiger partial charge in [0.05, 0.1) is 20.3 Å². The van der Waals surface area contributed by atoms with Crippen LogP contribution in [-0.2, 0) is 11.3 Å². The molecule has 2 aliphatic rings. The van der Waals surface area contributed by atoms with E-state index in [1.165, 1.54) is 32.5 Å². The zero-order chi connectivity index (χ0) is 20.3. The topological polar surface area (TPSA) is 66.4 Å². The third-order valence-electron chi connectivity index (χ3n) is 5.62. The van der Waals surface area contributed by atoms with Crippen LogP contribution in [0.1, 0.15) is 24.8 Å². The van der Waals surface area contributed by atoms with Crippen molar-refractivity contribution in [2.45, 2.75) is 31.9 Å². The quantitative estimate of drug-likeness (QED) is 0.507. The number of benzene rings is 1. The Bertz CT molecular complexity index is 589. The Morgan fingerprint density at radius 2 is 1.93 bits per heavy atom. The van der Waals surface area contributed by atoms with E-state index in [2.05, 4.69) is 21.2 Å². The number of β-amino-alcohol motifs (C(OH)–C–C–N with tert-alkyl or cyclic N) is 1. The number of aliphatic hydroxyl groups excluding tert-OH is 1. The largest absolute Gasteiger partial charge is 0.493 e. The second-order valence-corrected chi connectivity index (χ2v) is 7.91. The van der Waals surface area contributed by atoms with Crippen molar-refractivity contribution in [1.82, 2.24) is 15.1 Å². The van der Waals surface area contributed by atoms with E-state index in [4.69, 9.17) is 14.2 Å². The lowest BCUT2D eigenvalue weighted by atomic mass is 10.1. The number of nitrogens with one attached hydrogen (secondary N) is 1. The summed E-state index contributed by atoms with van der Waals surface area (Å²) in [5, 5.41) is 13.9. The molecule has 0 aromatic heterocycles. The molecule has 0 radical (unpaired) electrons. The molecular weight excluding hydrogens is 370 g/mol. The molecule has 3 rings (SSSR count). The number of morpholine rings is 1. The van der Waals surface area contributed by atoms with Crippen LogP contribution in [0, 0.1) is 0 Å². The van der Waals surface area contributed by atoms with Crippen LogP contribution >= 0.6 is 0 Å². The summed E-state index contributed by atoms with van der Waals surface area (Å²) >= 11 is 0. The highest BCUT2D eigenvalue weighted by molar-refractivity contribution is 5.46. The standard InChI is InChI=1S/C22H37N3O4/c1-27-21-7-4-6-19(16-23-8-5-11-24-9-2-3-10-24)22(21)29-18-20(26)17-25-12-14-28-15-13-25/h4,6-7,20,23,26H,2-3,5,8-18H2,1H3. The average molecular weight is 408 g/mol. The zero-order valence-corrected chi connectivity index (χ0v) is 17.8. The van der Waals surface area contributed by atoms with Gasteiger partial charge in [0.25, 0.3) is 0 Å². The number of nitrogens with zero attached hydrogens (tertiary/aromatic N) is 2. The maximum absolute atomic E-state index is 10.4. The monoisotopic (exact) mass is 407 g/mol. The highest BCUT2D eigenvalue weighted by Gasteiger charge is 2.17. The Kier molecular flexibility index (Phi) is 9.50. The van der Waals surface area contributed by atoms with Crippen LogP contribution in [0.5, 0.6) is 11.5 Å². The third kappa shape index (κ3) is 7.42. The fraction of sp³-hybridized carbons (Fsp3) is 0.727. The van der Waals surface area contributed by atoms with E-state index in [1.54, 1.807) is 7.11 Å². The number of aliphatic hydroxyl groups is 1. The third-order valence-corrected chi connectivity index (χ3v) is 5.62. The number of hydrogen-bond acceptors (Lipinski definition) is 7. The number of hydrogen-bond donors (Lipinski definition) is 2. The number of methoxy groups -OCH3 is 1. The van der Waals surface area contributed by atoms with E-state index in [-0.39, 0.29) is 6.61 Å². The first-order valence-corrected chi connectivity index (χ1v) is 11.0. The normalized spacial score (nSPS) is 19.4. The molecule has 0 spiro atoms. The van der Waals surface area contributed by atoms with Crippen molar-refractivity contribution in [3.63, 3.8) is 0 Å². The molecule has 1 unspecified atom stereocenters. The lowest BCUT2D eigenvalue weighted by molar-refractivity contribution is 0.00436. The Hall–Kier alpha value is -1.38. The minimum absolute atomic E-state index is 0.250. The van der Waals surface area contributed by atoms with Crippen LogP contribution < -0.4 is 14.8 Å². The zero-order valence-electron chi connectivity index (χ0n) is 17.8. The van der Waals surface area contributed by atoms with Crippen LogP contribution in [0.15, 0.2) is 18.2 Å². The van der Waals surface area contributed by atoms with Crippen LogP contribution in [0.4, 0.5) is 0 Å². The molecule has 164 valence electrons. The van der Waals surface area contributed by atoms with Crippen molar-refractivity contribution < 1.29 is 19.3 Å². The Morgan fingerprint density at radius 1 is 1.14 bits per heavy atom. The van der Waals surface area contributed by atoms with E-state index >= 15 is 0 Å². The first-order valence-electron chi connectivity index (χ1n) is 11.0. The molecule has 29 heavy (non-hydrogen) atoms. The molecule has 2 saturated heterocycles. The van der Waals surface area contributed by atoms with Crippen LogP contribution in [0.3, 0.4) is 0 Å². The van der Waals surface area contributed by atoms with Gasteiger partial charge in [0.1, 0.15) is 12.7 Å². The summed E-state index contributed by atoms with van der Waals surface area (Å²) in [4.78, 5) is 4.75. The van der Waals surface area contributed by atoms with E-state index in [0.29, 0.717) is 12.3 Å². The van der Waals surface area contributed by atoms with Crippen molar-refractivity contribution in [2.24, 2.45) is 0 Å². The minimum Gasteiger partial charge on any atom is -0.493 e. The lowest BCUT2D eigenvalue weighted by Gasteiger charge is -2.28. The van der Waals surface area contributed by atoms with Crippen LogP contribution in [0.25, 0.3) is 0 Å². The van der Waals surface area contributed by atoms with Gasteiger partial charge < -0.3 is 29.5 Å². The number of rotatable bonds is 12. The predicted molar refractivity (Wildman–Crippen MR) is 114 cm³/mol. The Labute approximate surface area is 174 Å². The highest BCUT2D eigenvalue weighted by atomic mass is 16.5. The van der Waals surface area contributed by atoms with E-state index in [0.717, 1.165) is 57.1 Å². The SMILES string of the molecule is COc1cccc(CNCCCN2CCCC2)c1OCC(O)CN1CCOCC1. The van der Waals surface area contributed by atoms with Crippen molar-refractivity contribution in [1.29, 1.82) is 0 Å². The summed E-state index contributed by atoms with van der Waals surface area (Å²) in [5.74, 6) is 1.43. The summed E-state index contributed by atoms with van der Waals surface area (Å²) < 4.78 is 16.9. The van der Waals surface area contributed by atoms with Crippen molar-refractivity contribution in [3.05, 3.63) is 23.8 Å². The molecule has 0 aliphatic carbocycles. The van der Waals surface area contributed by atoms with Gasteiger partial charge in [-0.05, 0) is 51.5 Å². The minimum atomic E-state index is -0.542. The van der Waals surface area contributed by atoms with Gasteiger partial charge in [-0.1, -0.05) is 12.1 Å². The molecule has 0 bridgehead atoms. The van der Waals surface area contributed by atoms with Gasteiger partial charge in [-0.15, -0.1) is 0 Å². The molecule has 1 aromatic rings. The van der Waals surface area contributed by atoms with Gasteiger partial charge in [0.15, 0.2) is 11.5 Å². The van der Waals surface area contributed by atoms with Gasteiger partial charge in [0, 0.05) is 31.7 Å². The predicted octanol–water partition coefficient (Wildman–Crippen LogP) is 1.34. The number of ether oxygens (including phenoxy) is 3. The van der Waals surface area contributed by atoms with Gasteiger partial charge >= 0.3 is 0 Å². The second-order valence-electron chi connectivity index (χ2n) is 7.91. The molecule has 7 nitrogen and oxygen atoms in total. The Balaban J connectivity index is 1.44. The van der Waals surface area contributed by atoms with Crippen molar-refractivity contribution in [2.75, 3.05) is 72.7 Å². The fourth-order valence-corrected chi connectivity index (χ4v) is 4.00. The van der Waals surface area contributed by atoms with Gasteiger partial charge in [-0.25, -0.2) is 0 Å². The Morgan fingerprint density at radius 3 is 2.69 bits per heavy atom. The van der Waals surface area contributed by atoms with Gasteiger partial charge in [-0.3, -0.25) is 4.90 Å². The molecule has 1 atom stereocenters. The van der Waals surface area contributed by atoms with Crippen LogP contribution in [-0.4, -0.2) is 93.8 Å². The van der Waals surface area contributed by atoms with Crippen LogP contribution in [0.2, 0.25) is 0 Å². The van der Waals surface area contributed by atoms with E-state index < -0.39 is 6.10 Å². The molecule has 2 fully saturated rings. The maximum Gasteiger partial charge on any atom is 0.165 e. The molecule has 2 aliphatic heterocycles. The molecular formula is C22H37N3O4. The van der Waals surface area contributed by atoms with Gasteiger partial charge in [-0.2, -0.15) is 0 Å². The molecule has 2 N–H and O–H groups in total. The number of likely N-dealkylation sites (tertiary alicyclic amines) is 1. The smallest absolute Gasteiger partial charge is 0.165 e. The molecule has 7 heteroatoms. The van der Waals surface area contributed by atoms with E-state index in [1.807, 2.05) is 12.1 Å². The van der Waals surface area contributed by atoms with Crippen molar-refractivity contribution in [3.8, 4) is 11.5 Å². The first-order chi connectivity index (χ1) is 14.3. The van der Waals surface area contributed by atoms with Crippen molar-refractivity contribution >= 4 is 0 Å². The lowest BCUT2D eigenvalue weighted by Crippen LogP contribution is -2.42. The fourth-order valence-electron chi connectivity index (χ4n) is 4.00. The molecule has 1 aromatic carbocycles. The number of para-hydroxylation sites is 1. The first kappa shape index (κ1) is 22.3. The average Bonchev–Trinajstić information content (AvgIpc) is 3.26. The summed E-state index contributed by atoms with van der Waals surface area (Å²) in [6.45, 7) is 9.41. The van der Waals surface area contributed by atoms with E-state index in [9.17, 15) is 5.11 Å². The molecule has 2 heterocycles. The highest BCUT2D eigenvalue weighted by Crippen LogP contribution is 2.31. The molecule has 0 saturated carbocycles. The second kappa shape index (κ2) is 12.3. The summed E-state index contributed by atoms with van der Waals surface area (Å²) in [6.07, 6.45) is 3.29. The maximum atomic E-state index is 10.4. The van der Waals surface area contributed by atoms with Gasteiger partial charge in [0.2, 0.25) is 0 Å². The summed E-state index contributed by atoms with van der Waals surface area (Å²) in [6, 6.07) is 5.94. The summed E-state index contributed by atoms with van der Waals surface area (Å²) in [7, 11) is 1.65. The molecule has 0 amide bonds.